The lowest BCUT2D eigenvalue weighted by molar-refractivity contribution is -0.141. The number of pyridine rings is 1. The first kappa shape index (κ1) is 14.7. The van der Waals surface area contributed by atoms with Crippen molar-refractivity contribution in [1.29, 1.82) is 0 Å². The highest BCUT2D eigenvalue weighted by Crippen LogP contribution is 2.18. The largest absolute Gasteiger partial charge is 0.406 e. The van der Waals surface area contributed by atoms with Crippen molar-refractivity contribution in [3.63, 3.8) is 0 Å². The van der Waals surface area contributed by atoms with Crippen molar-refractivity contribution in [3.05, 3.63) is 29.0 Å². The van der Waals surface area contributed by atoms with Gasteiger partial charge in [-0.25, -0.2) is 0 Å². The number of hydrogen-bond donors (Lipinski definition) is 1. The molecule has 18 heavy (non-hydrogen) atoms. The van der Waals surface area contributed by atoms with Crippen LogP contribution in [0.5, 0.6) is 0 Å². The van der Waals surface area contributed by atoms with E-state index in [0.29, 0.717) is 4.90 Å². The second-order valence-corrected chi connectivity index (χ2v) is 3.86. The van der Waals surface area contributed by atoms with Crippen LogP contribution in [0.1, 0.15) is 10.5 Å². The molecular formula is C10H10ClF3N2O2. The topological polar surface area (TPSA) is 53.4 Å². The molecule has 0 fully saturated rings. The van der Waals surface area contributed by atoms with E-state index in [1.54, 1.807) is 0 Å². The maximum atomic E-state index is 12.3. The normalized spacial score (nSPS) is 11.4. The minimum absolute atomic E-state index is 0.194. The molecule has 4 nitrogen and oxygen atoms in total. The Hall–Kier alpha value is -1.34. The second kappa shape index (κ2) is 6.01. The van der Waals surface area contributed by atoms with E-state index in [-0.39, 0.29) is 10.7 Å². The van der Waals surface area contributed by atoms with E-state index in [1.165, 1.54) is 18.3 Å². The highest BCUT2D eigenvalue weighted by Gasteiger charge is 2.33. The third kappa shape index (κ3) is 4.50. The van der Waals surface area contributed by atoms with E-state index in [9.17, 15) is 18.0 Å². The lowest BCUT2D eigenvalue weighted by atomic mass is 10.3. The Morgan fingerprint density at radius 1 is 1.50 bits per heavy atom. The Morgan fingerprint density at radius 3 is 2.67 bits per heavy atom. The molecule has 0 aliphatic heterocycles. The predicted molar refractivity (Wildman–Crippen MR) is 58.3 cm³/mol. The fourth-order valence-electron chi connectivity index (χ4n) is 1.27. The number of aromatic nitrogens is 1. The van der Waals surface area contributed by atoms with Gasteiger partial charge in [0.1, 0.15) is 12.2 Å². The number of carbonyl (C=O) groups is 1. The van der Waals surface area contributed by atoms with Crippen LogP contribution in [0, 0.1) is 0 Å². The average molecular weight is 283 g/mol. The number of alkyl halides is 3. The van der Waals surface area contributed by atoms with Crippen LogP contribution in [0.3, 0.4) is 0 Å². The minimum atomic E-state index is -4.54. The smallest absolute Gasteiger partial charge is 0.395 e. The van der Waals surface area contributed by atoms with Gasteiger partial charge in [-0.2, -0.15) is 13.2 Å². The molecule has 8 heteroatoms. The van der Waals surface area contributed by atoms with Crippen LogP contribution >= 0.6 is 11.6 Å². The van der Waals surface area contributed by atoms with Crippen LogP contribution in [-0.2, 0) is 0 Å². The van der Waals surface area contributed by atoms with Crippen LogP contribution in [0.4, 0.5) is 13.2 Å². The van der Waals surface area contributed by atoms with Crippen molar-refractivity contribution >= 4 is 17.5 Å². The number of carbonyl (C=O) groups excluding carboxylic acids is 1. The first-order valence-corrected chi connectivity index (χ1v) is 5.30. The van der Waals surface area contributed by atoms with Gasteiger partial charge in [0.2, 0.25) is 0 Å². The van der Waals surface area contributed by atoms with Gasteiger partial charge in [0.15, 0.2) is 0 Å². The van der Waals surface area contributed by atoms with Gasteiger partial charge in [-0.05, 0) is 12.1 Å². The molecule has 0 unspecified atom stereocenters. The summed E-state index contributed by atoms with van der Waals surface area (Å²) in [5.74, 6) is -0.927. The molecule has 1 rings (SSSR count). The summed E-state index contributed by atoms with van der Waals surface area (Å²) in [6, 6.07) is 2.57. The van der Waals surface area contributed by atoms with E-state index < -0.39 is 31.8 Å². The number of halogens is 4. The third-order valence-electron chi connectivity index (χ3n) is 1.97. The maximum Gasteiger partial charge on any atom is 0.406 e. The Bertz CT molecular complexity index is 426. The molecule has 0 radical (unpaired) electrons. The molecular weight excluding hydrogens is 273 g/mol. The zero-order valence-corrected chi connectivity index (χ0v) is 9.87. The quantitative estimate of drug-likeness (QED) is 0.915. The molecule has 1 heterocycles. The van der Waals surface area contributed by atoms with E-state index in [2.05, 4.69) is 4.98 Å². The standard InChI is InChI=1S/C10H10ClF3N2O2/c11-7-1-2-15-8(5-7)9(18)16(3-4-17)6-10(12,13)14/h1-2,5,17H,3-4,6H2. The van der Waals surface area contributed by atoms with Gasteiger partial charge in [-0.3, -0.25) is 9.78 Å². The Morgan fingerprint density at radius 2 is 2.17 bits per heavy atom. The van der Waals surface area contributed by atoms with Crippen LogP contribution in [0.15, 0.2) is 18.3 Å². The summed E-state index contributed by atoms with van der Waals surface area (Å²) < 4.78 is 36.8. The monoisotopic (exact) mass is 282 g/mol. The summed E-state index contributed by atoms with van der Waals surface area (Å²) in [7, 11) is 0. The van der Waals surface area contributed by atoms with Crippen LogP contribution in [-0.4, -0.2) is 46.8 Å². The molecule has 0 aliphatic rings. The number of aliphatic hydroxyl groups excluding tert-OH is 1. The van der Waals surface area contributed by atoms with Crippen molar-refractivity contribution in [2.45, 2.75) is 6.18 Å². The Kier molecular flexibility index (Phi) is 4.92. The molecule has 0 spiro atoms. The fraction of sp³-hybridized carbons (Fsp3) is 0.400. The number of aliphatic hydroxyl groups is 1. The maximum absolute atomic E-state index is 12.3. The lowest BCUT2D eigenvalue weighted by Crippen LogP contribution is -2.41. The van der Waals surface area contributed by atoms with E-state index in [0.717, 1.165) is 0 Å². The number of nitrogens with zero attached hydrogens (tertiary/aromatic N) is 2. The van der Waals surface area contributed by atoms with Crippen LogP contribution in [0.2, 0.25) is 5.02 Å². The molecule has 0 atom stereocenters. The summed E-state index contributed by atoms with van der Waals surface area (Å²) >= 11 is 5.62. The SMILES string of the molecule is O=C(c1cc(Cl)ccn1)N(CCO)CC(F)(F)F. The van der Waals surface area contributed by atoms with Gasteiger partial charge < -0.3 is 10.0 Å². The van der Waals surface area contributed by atoms with Gasteiger partial charge in [0, 0.05) is 17.8 Å². The molecule has 1 amide bonds. The van der Waals surface area contributed by atoms with Crippen molar-refractivity contribution in [2.75, 3.05) is 19.7 Å². The molecule has 1 N–H and O–H groups in total. The van der Waals surface area contributed by atoms with Crippen molar-refractivity contribution in [3.8, 4) is 0 Å². The van der Waals surface area contributed by atoms with Gasteiger partial charge in [-0.15, -0.1) is 0 Å². The van der Waals surface area contributed by atoms with E-state index in [4.69, 9.17) is 16.7 Å². The van der Waals surface area contributed by atoms with Crippen molar-refractivity contribution in [1.82, 2.24) is 9.88 Å². The fourth-order valence-corrected chi connectivity index (χ4v) is 1.43. The van der Waals surface area contributed by atoms with Gasteiger partial charge in [0.05, 0.1) is 6.61 Å². The summed E-state index contributed by atoms with van der Waals surface area (Å²) in [6.07, 6.45) is -3.32. The first-order chi connectivity index (χ1) is 8.33. The minimum Gasteiger partial charge on any atom is -0.395 e. The van der Waals surface area contributed by atoms with Gasteiger partial charge in [0.25, 0.3) is 5.91 Å². The molecule has 1 aromatic rings. The Balaban J connectivity index is 2.89. The highest BCUT2D eigenvalue weighted by atomic mass is 35.5. The second-order valence-electron chi connectivity index (χ2n) is 3.42. The summed E-state index contributed by atoms with van der Waals surface area (Å²) in [5, 5.41) is 8.87. The van der Waals surface area contributed by atoms with Crippen LogP contribution in [0.25, 0.3) is 0 Å². The van der Waals surface area contributed by atoms with Crippen LogP contribution < -0.4 is 0 Å². The lowest BCUT2D eigenvalue weighted by Gasteiger charge is -2.22. The zero-order valence-electron chi connectivity index (χ0n) is 9.12. The molecule has 1 aromatic heterocycles. The van der Waals surface area contributed by atoms with Gasteiger partial charge >= 0.3 is 6.18 Å². The number of amides is 1. The first-order valence-electron chi connectivity index (χ1n) is 4.92. The van der Waals surface area contributed by atoms with E-state index >= 15 is 0 Å². The molecule has 0 saturated heterocycles. The molecule has 0 bridgehead atoms. The highest BCUT2D eigenvalue weighted by molar-refractivity contribution is 6.30. The van der Waals surface area contributed by atoms with Gasteiger partial charge in [-0.1, -0.05) is 11.6 Å². The third-order valence-corrected chi connectivity index (χ3v) is 2.20. The Labute approximate surface area is 106 Å². The van der Waals surface area contributed by atoms with Crippen molar-refractivity contribution < 1.29 is 23.1 Å². The predicted octanol–water partition coefficient (Wildman–Crippen LogP) is 1.73. The number of rotatable bonds is 4. The molecule has 0 saturated carbocycles. The summed E-state index contributed by atoms with van der Waals surface area (Å²) in [6.45, 7) is -2.44. The molecule has 100 valence electrons. The molecule has 0 aromatic carbocycles. The van der Waals surface area contributed by atoms with E-state index in [1.807, 2.05) is 0 Å². The number of hydrogen-bond acceptors (Lipinski definition) is 3. The molecule has 0 aliphatic carbocycles. The zero-order chi connectivity index (χ0) is 13.8. The van der Waals surface area contributed by atoms with Crippen molar-refractivity contribution in [2.24, 2.45) is 0 Å². The summed E-state index contributed by atoms with van der Waals surface area (Å²) in [4.78, 5) is 15.9. The summed E-state index contributed by atoms with van der Waals surface area (Å²) in [5.41, 5.74) is -0.194. The average Bonchev–Trinajstić information content (AvgIpc) is 2.26.